The maximum absolute atomic E-state index is 12.6. The van der Waals surface area contributed by atoms with Gasteiger partial charge in [-0.3, -0.25) is 4.79 Å². The molecule has 0 atom stereocenters. The molecule has 158 valence electrons. The monoisotopic (exact) mass is 496 g/mol. The second-order valence-electron chi connectivity index (χ2n) is 6.41. The van der Waals surface area contributed by atoms with Crippen molar-refractivity contribution in [3.63, 3.8) is 0 Å². The Hall–Kier alpha value is -1.19. The Kier molecular flexibility index (Phi) is 9.36. The number of rotatable bonds is 4. The zero-order valence-electron chi connectivity index (χ0n) is 17.2. The third kappa shape index (κ3) is 6.03. The summed E-state index contributed by atoms with van der Waals surface area (Å²) in [5.41, 5.74) is 6.76. The predicted molar refractivity (Wildman–Crippen MR) is 105 cm³/mol. The van der Waals surface area contributed by atoms with E-state index in [-0.39, 0.29) is 75.8 Å². The SMILES string of the molecule is Cc1cc(N)ccc1C(=O)Nc1ccc(S(=O)(=O)[O-])c2cc(S(=O)(=O)[O-])cc(O)c12.[Na+].[Na+]. The Morgan fingerprint density at radius 3 is 2.12 bits per heavy atom. The van der Waals surface area contributed by atoms with Crippen molar-refractivity contribution in [3.8, 4) is 5.75 Å². The molecule has 3 aromatic carbocycles. The second-order valence-corrected chi connectivity index (χ2v) is 9.14. The van der Waals surface area contributed by atoms with Gasteiger partial charge in [-0.05, 0) is 55.0 Å². The van der Waals surface area contributed by atoms with Gasteiger partial charge in [0.05, 0.1) is 15.5 Å². The smallest absolute Gasteiger partial charge is 0.744 e. The minimum absolute atomic E-state index is 0. The van der Waals surface area contributed by atoms with E-state index in [1.807, 2.05) is 0 Å². The van der Waals surface area contributed by atoms with Gasteiger partial charge in [0.1, 0.15) is 26.0 Å². The Balaban J connectivity index is 0.00000256. The third-order valence-electron chi connectivity index (χ3n) is 4.33. The molecule has 0 aliphatic heterocycles. The minimum atomic E-state index is -5.10. The van der Waals surface area contributed by atoms with Gasteiger partial charge in [-0.25, -0.2) is 16.8 Å². The van der Waals surface area contributed by atoms with Crippen LogP contribution >= 0.6 is 0 Å². The predicted octanol–water partition coefficient (Wildman–Crippen LogP) is -4.50. The molecule has 0 bridgehead atoms. The quantitative estimate of drug-likeness (QED) is 0.182. The number of phenolic OH excluding ortho intramolecular Hbond substituents is 1. The van der Waals surface area contributed by atoms with Gasteiger partial charge in [-0.2, -0.15) is 0 Å². The molecule has 0 spiro atoms. The van der Waals surface area contributed by atoms with E-state index in [0.717, 1.165) is 12.1 Å². The van der Waals surface area contributed by atoms with E-state index in [2.05, 4.69) is 5.32 Å². The Labute approximate surface area is 228 Å². The maximum atomic E-state index is 12.6. The number of benzene rings is 3. The number of aryl methyl sites for hydroxylation is 1. The molecule has 32 heavy (non-hydrogen) atoms. The van der Waals surface area contributed by atoms with E-state index in [9.17, 15) is 35.8 Å². The van der Waals surface area contributed by atoms with E-state index >= 15 is 0 Å². The first-order valence-corrected chi connectivity index (χ1v) is 11.0. The van der Waals surface area contributed by atoms with E-state index < -0.39 is 47.1 Å². The molecular formula is C18H14N2Na2O8S2. The van der Waals surface area contributed by atoms with Crippen LogP contribution in [0.2, 0.25) is 0 Å². The molecule has 0 fully saturated rings. The molecule has 1 amide bonds. The van der Waals surface area contributed by atoms with Crippen molar-refractivity contribution in [2.45, 2.75) is 16.7 Å². The number of carbonyl (C=O) groups excluding carboxylic acids is 1. The molecule has 10 nitrogen and oxygen atoms in total. The number of amides is 1. The summed E-state index contributed by atoms with van der Waals surface area (Å²) in [7, 11) is -10.2. The Bertz CT molecular complexity index is 1420. The fourth-order valence-electron chi connectivity index (χ4n) is 3.01. The van der Waals surface area contributed by atoms with Gasteiger partial charge < -0.3 is 25.3 Å². The van der Waals surface area contributed by atoms with Crippen molar-refractivity contribution in [1.82, 2.24) is 0 Å². The molecule has 0 aromatic heterocycles. The molecule has 14 heteroatoms. The van der Waals surface area contributed by atoms with Crippen LogP contribution in [0.1, 0.15) is 15.9 Å². The van der Waals surface area contributed by atoms with E-state index in [1.54, 1.807) is 13.0 Å². The number of nitrogens with two attached hydrogens (primary N) is 1. The second kappa shape index (κ2) is 10.4. The van der Waals surface area contributed by atoms with Crippen LogP contribution in [0.4, 0.5) is 11.4 Å². The summed E-state index contributed by atoms with van der Waals surface area (Å²) in [6, 6.07) is 7.70. The molecule has 3 rings (SSSR count). The van der Waals surface area contributed by atoms with Crippen LogP contribution in [0, 0.1) is 6.92 Å². The molecule has 0 aliphatic rings. The molecular weight excluding hydrogens is 482 g/mol. The van der Waals surface area contributed by atoms with Crippen LogP contribution < -0.4 is 70.2 Å². The third-order valence-corrected chi connectivity index (χ3v) is 6.04. The number of nitrogens with one attached hydrogen (secondary N) is 1. The molecule has 4 N–H and O–H groups in total. The zero-order valence-corrected chi connectivity index (χ0v) is 22.9. The van der Waals surface area contributed by atoms with Gasteiger partial charge >= 0.3 is 59.1 Å². The van der Waals surface area contributed by atoms with Crippen molar-refractivity contribution in [2.75, 3.05) is 11.1 Å². The van der Waals surface area contributed by atoms with E-state index in [0.29, 0.717) is 23.4 Å². The molecule has 3 aromatic rings. The minimum Gasteiger partial charge on any atom is -0.744 e. The molecule has 0 radical (unpaired) electrons. The standard InChI is InChI=1S/C18H16N2O8S2.2Na/c1-9-6-10(19)2-3-12(9)18(22)20-14-4-5-16(30(26,27)28)13-7-11(29(23,24)25)8-15(21)17(13)14;;/h2-8,21H,19H2,1H3,(H,20,22)(H,23,24,25)(H,26,27,28);;/q;2*+1/p-2. The van der Waals surface area contributed by atoms with Crippen LogP contribution in [0.3, 0.4) is 0 Å². The molecule has 0 heterocycles. The number of nitrogen functional groups attached to an aromatic ring is 1. The van der Waals surface area contributed by atoms with Crippen molar-refractivity contribution >= 4 is 48.3 Å². The summed E-state index contributed by atoms with van der Waals surface area (Å²) >= 11 is 0. The fraction of sp³-hybridized carbons (Fsp3) is 0.0556. The number of carbonyl (C=O) groups is 1. The average molecular weight is 496 g/mol. The van der Waals surface area contributed by atoms with Crippen molar-refractivity contribution < 1.29 is 95.0 Å². The van der Waals surface area contributed by atoms with Gasteiger partial charge in [-0.15, -0.1) is 0 Å². The topological polar surface area (TPSA) is 190 Å². The van der Waals surface area contributed by atoms with Crippen molar-refractivity contribution in [2.24, 2.45) is 0 Å². The first-order chi connectivity index (χ1) is 13.8. The molecule has 0 aliphatic carbocycles. The van der Waals surface area contributed by atoms with Crippen LogP contribution in [-0.2, 0) is 20.2 Å². The number of aromatic hydroxyl groups is 1. The number of hydrogen-bond donors (Lipinski definition) is 3. The zero-order chi connectivity index (χ0) is 22.4. The average Bonchev–Trinajstić information content (AvgIpc) is 2.59. The molecule has 0 saturated heterocycles. The number of fused-ring (bicyclic) bond motifs is 1. The normalized spacial score (nSPS) is 11.3. The van der Waals surface area contributed by atoms with Crippen molar-refractivity contribution in [1.29, 1.82) is 0 Å². The largest absolute Gasteiger partial charge is 1.00 e. The van der Waals surface area contributed by atoms with Gasteiger partial charge in [0, 0.05) is 22.0 Å². The van der Waals surface area contributed by atoms with Crippen LogP contribution in [0.5, 0.6) is 5.75 Å². The molecule has 0 saturated carbocycles. The summed E-state index contributed by atoms with van der Waals surface area (Å²) in [6.07, 6.45) is 0. The van der Waals surface area contributed by atoms with Gasteiger partial charge in [0.2, 0.25) is 0 Å². The van der Waals surface area contributed by atoms with Gasteiger partial charge in [0.15, 0.2) is 0 Å². The van der Waals surface area contributed by atoms with Gasteiger partial charge in [0.25, 0.3) is 5.91 Å². The summed E-state index contributed by atoms with van der Waals surface area (Å²) in [5, 5.41) is 11.9. The Morgan fingerprint density at radius 2 is 1.59 bits per heavy atom. The van der Waals surface area contributed by atoms with Crippen molar-refractivity contribution in [3.05, 3.63) is 53.6 Å². The number of hydrogen-bond acceptors (Lipinski definition) is 9. The Morgan fingerprint density at radius 1 is 0.969 bits per heavy atom. The van der Waals surface area contributed by atoms with E-state index in [1.165, 1.54) is 12.1 Å². The van der Waals surface area contributed by atoms with Gasteiger partial charge in [-0.1, -0.05) is 0 Å². The summed E-state index contributed by atoms with van der Waals surface area (Å²) in [5.74, 6) is -1.44. The number of phenols is 1. The summed E-state index contributed by atoms with van der Waals surface area (Å²) < 4.78 is 68.7. The number of anilines is 2. The maximum Gasteiger partial charge on any atom is 1.00 e. The summed E-state index contributed by atoms with van der Waals surface area (Å²) in [6.45, 7) is 1.64. The first-order valence-electron chi connectivity index (χ1n) is 8.18. The summed E-state index contributed by atoms with van der Waals surface area (Å²) in [4.78, 5) is 10.9. The van der Waals surface area contributed by atoms with Crippen LogP contribution in [0.15, 0.2) is 52.3 Å². The van der Waals surface area contributed by atoms with E-state index in [4.69, 9.17) is 5.73 Å². The van der Waals surface area contributed by atoms with Crippen LogP contribution in [0.25, 0.3) is 10.8 Å². The fourth-order valence-corrected chi connectivity index (χ4v) is 4.19. The molecule has 0 unspecified atom stereocenters. The van der Waals surface area contributed by atoms with Crippen LogP contribution in [-0.4, -0.2) is 37.0 Å². The first kappa shape index (κ1) is 28.8.